The number of anilines is 1. The van der Waals surface area contributed by atoms with Crippen LogP contribution in [-0.2, 0) is 13.0 Å². The average Bonchev–Trinajstić information content (AvgIpc) is 3.49. The molecule has 1 atom stereocenters. The van der Waals surface area contributed by atoms with Crippen molar-refractivity contribution in [3.05, 3.63) is 84.4 Å². The summed E-state index contributed by atoms with van der Waals surface area (Å²) in [5.41, 5.74) is 9.78. The number of nitrogen functional groups attached to an aromatic ring is 1. The molecule has 5 aromatic rings. The predicted octanol–water partition coefficient (Wildman–Crippen LogP) is 5.01. The maximum absolute atomic E-state index is 13.9. The van der Waals surface area contributed by atoms with Crippen LogP contribution in [0.15, 0.2) is 67.0 Å². The van der Waals surface area contributed by atoms with Gasteiger partial charge < -0.3 is 14.9 Å². The standard InChI is InChI=1S/C25H20F2N6/c26-17-4-2-16(3-5-17)23-24(20-9-11-29-25(28)30-20)33-19(7-8-22(33)31-23)14-32-12-10-15-1-6-18(27)13-21(15)32/h1-6,9-13,19H,7-8,14H2,(H2,28,29,30)/t19-/m0/s1. The van der Waals surface area contributed by atoms with Crippen LogP contribution in [-0.4, -0.2) is 24.1 Å². The number of nitrogens with zero attached hydrogens (tertiary/aromatic N) is 5. The average molecular weight is 442 g/mol. The lowest BCUT2D eigenvalue weighted by molar-refractivity contribution is 0.459. The number of hydrogen-bond donors (Lipinski definition) is 1. The quantitative estimate of drug-likeness (QED) is 0.425. The highest BCUT2D eigenvalue weighted by Gasteiger charge is 2.31. The maximum Gasteiger partial charge on any atom is 0.220 e. The predicted molar refractivity (Wildman–Crippen MR) is 122 cm³/mol. The number of aryl methyl sites for hydroxylation is 1. The number of hydrogen-bond acceptors (Lipinski definition) is 4. The molecule has 8 heteroatoms. The van der Waals surface area contributed by atoms with Gasteiger partial charge in [0, 0.05) is 30.9 Å². The molecule has 4 heterocycles. The zero-order chi connectivity index (χ0) is 22.5. The summed E-state index contributed by atoms with van der Waals surface area (Å²) in [5.74, 6) is 0.555. The van der Waals surface area contributed by atoms with Crippen LogP contribution >= 0.6 is 0 Å². The van der Waals surface area contributed by atoms with Crippen LogP contribution in [0.5, 0.6) is 0 Å². The summed E-state index contributed by atoms with van der Waals surface area (Å²) in [7, 11) is 0. The third-order valence-corrected chi connectivity index (χ3v) is 6.23. The van der Waals surface area contributed by atoms with Crippen molar-refractivity contribution in [2.24, 2.45) is 0 Å². The fourth-order valence-corrected chi connectivity index (χ4v) is 4.75. The zero-order valence-electron chi connectivity index (χ0n) is 17.6. The topological polar surface area (TPSA) is 74.5 Å². The molecule has 1 aliphatic rings. The van der Waals surface area contributed by atoms with E-state index >= 15 is 0 Å². The van der Waals surface area contributed by atoms with Crippen molar-refractivity contribution in [3.63, 3.8) is 0 Å². The molecule has 2 aromatic carbocycles. The summed E-state index contributed by atoms with van der Waals surface area (Å²) in [4.78, 5) is 13.4. The highest BCUT2D eigenvalue weighted by atomic mass is 19.1. The molecule has 6 nitrogen and oxygen atoms in total. The zero-order valence-corrected chi connectivity index (χ0v) is 17.6. The normalized spacial score (nSPS) is 15.3. The molecule has 164 valence electrons. The summed E-state index contributed by atoms with van der Waals surface area (Å²) >= 11 is 0. The first-order valence-corrected chi connectivity index (χ1v) is 10.8. The van der Waals surface area contributed by atoms with Crippen molar-refractivity contribution in [1.29, 1.82) is 0 Å². The summed E-state index contributed by atoms with van der Waals surface area (Å²) in [6.45, 7) is 0.659. The van der Waals surface area contributed by atoms with Crippen LogP contribution in [0, 0.1) is 11.6 Å². The molecule has 0 amide bonds. The van der Waals surface area contributed by atoms with Crippen LogP contribution in [0.4, 0.5) is 14.7 Å². The van der Waals surface area contributed by atoms with Crippen LogP contribution in [0.2, 0.25) is 0 Å². The van der Waals surface area contributed by atoms with Crippen molar-refractivity contribution in [1.82, 2.24) is 24.1 Å². The molecule has 1 aliphatic heterocycles. The molecule has 0 bridgehead atoms. The Labute approximate surface area is 188 Å². The van der Waals surface area contributed by atoms with Gasteiger partial charge in [-0.1, -0.05) is 0 Å². The first-order valence-electron chi connectivity index (χ1n) is 10.8. The van der Waals surface area contributed by atoms with E-state index in [-0.39, 0.29) is 23.6 Å². The third kappa shape index (κ3) is 3.34. The number of imidazole rings is 1. The maximum atomic E-state index is 13.9. The first kappa shape index (κ1) is 19.6. The number of halogens is 2. The number of benzene rings is 2. The van der Waals surface area contributed by atoms with E-state index in [1.807, 2.05) is 18.3 Å². The van der Waals surface area contributed by atoms with E-state index in [1.54, 1.807) is 30.5 Å². The molecule has 2 N–H and O–H groups in total. The lowest BCUT2D eigenvalue weighted by atomic mass is 10.1. The van der Waals surface area contributed by atoms with Crippen molar-refractivity contribution in [2.45, 2.75) is 25.4 Å². The monoisotopic (exact) mass is 442 g/mol. The van der Waals surface area contributed by atoms with Gasteiger partial charge in [-0.15, -0.1) is 0 Å². The van der Waals surface area contributed by atoms with Gasteiger partial charge in [-0.05, 0) is 66.4 Å². The van der Waals surface area contributed by atoms with E-state index < -0.39 is 0 Å². The van der Waals surface area contributed by atoms with Crippen molar-refractivity contribution >= 4 is 16.9 Å². The second-order valence-corrected chi connectivity index (χ2v) is 8.27. The molecule has 33 heavy (non-hydrogen) atoms. The molecule has 0 unspecified atom stereocenters. The summed E-state index contributed by atoms with van der Waals surface area (Å²) < 4.78 is 31.8. The largest absolute Gasteiger partial charge is 0.368 e. The highest BCUT2D eigenvalue weighted by molar-refractivity contribution is 5.80. The van der Waals surface area contributed by atoms with Crippen molar-refractivity contribution in [3.8, 4) is 22.6 Å². The Morgan fingerprint density at radius 2 is 1.79 bits per heavy atom. The van der Waals surface area contributed by atoms with Crippen molar-refractivity contribution in [2.75, 3.05) is 5.73 Å². The van der Waals surface area contributed by atoms with Crippen LogP contribution in [0.1, 0.15) is 18.3 Å². The lowest BCUT2D eigenvalue weighted by Crippen LogP contribution is -2.13. The second kappa shape index (κ2) is 7.51. The Kier molecular flexibility index (Phi) is 4.46. The fraction of sp³-hybridized carbons (Fsp3) is 0.160. The minimum atomic E-state index is -0.303. The van der Waals surface area contributed by atoms with Gasteiger partial charge in [0.15, 0.2) is 0 Å². The lowest BCUT2D eigenvalue weighted by Gasteiger charge is -2.19. The van der Waals surface area contributed by atoms with Crippen LogP contribution < -0.4 is 5.73 Å². The molecule has 3 aromatic heterocycles. The molecule has 0 aliphatic carbocycles. The second-order valence-electron chi connectivity index (χ2n) is 8.27. The Morgan fingerprint density at radius 3 is 2.61 bits per heavy atom. The van der Waals surface area contributed by atoms with E-state index in [0.717, 1.165) is 46.5 Å². The Hall–Kier alpha value is -4.07. The number of nitrogens with two attached hydrogens (primary N) is 1. The van der Waals surface area contributed by atoms with Gasteiger partial charge in [-0.2, -0.15) is 0 Å². The van der Waals surface area contributed by atoms with Gasteiger partial charge >= 0.3 is 0 Å². The van der Waals surface area contributed by atoms with E-state index in [1.165, 1.54) is 18.2 Å². The van der Waals surface area contributed by atoms with Gasteiger partial charge in [-0.25, -0.2) is 23.7 Å². The van der Waals surface area contributed by atoms with Crippen LogP contribution in [0.25, 0.3) is 33.5 Å². The molecule has 0 radical (unpaired) electrons. The summed E-state index contributed by atoms with van der Waals surface area (Å²) in [6, 6.07) is 15.0. The molecule has 0 saturated heterocycles. The third-order valence-electron chi connectivity index (χ3n) is 6.23. The van der Waals surface area contributed by atoms with Gasteiger partial charge in [0.05, 0.1) is 28.6 Å². The van der Waals surface area contributed by atoms with Gasteiger partial charge in [0.1, 0.15) is 17.5 Å². The molecular weight excluding hydrogens is 422 g/mol. The minimum absolute atomic E-state index is 0.0896. The summed E-state index contributed by atoms with van der Waals surface area (Å²) in [6.07, 6.45) is 5.31. The smallest absolute Gasteiger partial charge is 0.220 e. The van der Waals surface area contributed by atoms with Crippen molar-refractivity contribution < 1.29 is 8.78 Å². The number of fused-ring (bicyclic) bond motifs is 2. The van der Waals surface area contributed by atoms with E-state index in [0.29, 0.717) is 12.2 Å². The van der Waals surface area contributed by atoms with E-state index in [4.69, 9.17) is 10.7 Å². The number of aromatic nitrogens is 5. The van der Waals surface area contributed by atoms with E-state index in [2.05, 4.69) is 19.1 Å². The number of rotatable bonds is 4. The molecule has 6 rings (SSSR count). The van der Waals surface area contributed by atoms with Gasteiger partial charge in [-0.3, -0.25) is 0 Å². The Bertz CT molecular complexity index is 1490. The van der Waals surface area contributed by atoms with Crippen LogP contribution in [0.3, 0.4) is 0 Å². The van der Waals surface area contributed by atoms with Gasteiger partial charge in [0.25, 0.3) is 0 Å². The minimum Gasteiger partial charge on any atom is -0.368 e. The highest BCUT2D eigenvalue weighted by Crippen LogP contribution is 2.40. The molecule has 0 saturated carbocycles. The fourth-order valence-electron chi connectivity index (χ4n) is 4.75. The molecule has 0 fully saturated rings. The Morgan fingerprint density at radius 1 is 0.970 bits per heavy atom. The van der Waals surface area contributed by atoms with Gasteiger partial charge in [0.2, 0.25) is 5.95 Å². The summed E-state index contributed by atoms with van der Waals surface area (Å²) in [5, 5.41) is 0.996. The molecule has 0 spiro atoms. The Balaban J connectivity index is 1.49. The SMILES string of the molecule is Nc1nccc(-c2c(-c3ccc(F)cc3)nc3n2[C@H](Cn2ccc4ccc(F)cc42)CC3)n1. The first-order chi connectivity index (χ1) is 16.1. The molecular formula is C25H20F2N6. The van der Waals surface area contributed by atoms with E-state index in [9.17, 15) is 8.78 Å².